The Morgan fingerprint density at radius 2 is 1.62 bits per heavy atom. The van der Waals surface area contributed by atoms with Crippen LogP contribution in [0.1, 0.15) is 26.7 Å². The van der Waals surface area contributed by atoms with Gasteiger partial charge in [-0.3, -0.25) is 0 Å². The van der Waals surface area contributed by atoms with E-state index in [0.29, 0.717) is 5.75 Å². The van der Waals surface area contributed by atoms with Crippen LogP contribution in [0.5, 0.6) is 0 Å². The largest absolute Gasteiger partial charge is 0.392 e. The summed E-state index contributed by atoms with van der Waals surface area (Å²) in [4.78, 5) is 0. The van der Waals surface area contributed by atoms with E-state index in [-0.39, 0.29) is 12.2 Å². The van der Waals surface area contributed by atoms with Gasteiger partial charge in [0.25, 0.3) is 0 Å². The molecular weight excluding hydrogens is 204 g/mol. The van der Waals surface area contributed by atoms with Crippen molar-refractivity contribution in [3.05, 3.63) is 0 Å². The molecule has 0 aliphatic heterocycles. The number of thioether (sulfide) groups is 1. The fourth-order valence-corrected chi connectivity index (χ4v) is 1.32. The average molecular weight is 226 g/mol. The van der Waals surface area contributed by atoms with Crippen molar-refractivity contribution in [1.29, 1.82) is 0 Å². The normalized spacial score (nSPS) is 14.3. The standard InChI is InChI=1S/C5H12OS.C4H10OS/c1-3-5(6)4-7-2;1-2-4(5)3-6/h5-6H,3-4H2,1-2H3;4-6H,2-3H2,1H3. The van der Waals surface area contributed by atoms with Gasteiger partial charge in [0.05, 0.1) is 12.2 Å². The number of rotatable bonds is 5. The molecule has 82 valence electrons. The first-order valence-corrected chi connectivity index (χ1v) is 6.60. The van der Waals surface area contributed by atoms with Gasteiger partial charge < -0.3 is 10.2 Å². The molecule has 0 aliphatic carbocycles. The summed E-state index contributed by atoms with van der Waals surface area (Å²) in [6, 6.07) is 0. The van der Waals surface area contributed by atoms with E-state index in [2.05, 4.69) is 12.6 Å². The number of thiol groups is 1. The topological polar surface area (TPSA) is 40.5 Å². The van der Waals surface area contributed by atoms with Gasteiger partial charge in [-0.1, -0.05) is 13.8 Å². The molecule has 0 saturated carbocycles. The van der Waals surface area contributed by atoms with Crippen molar-refractivity contribution in [1.82, 2.24) is 0 Å². The van der Waals surface area contributed by atoms with Gasteiger partial charge >= 0.3 is 0 Å². The Morgan fingerprint density at radius 3 is 1.69 bits per heavy atom. The summed E-state index contributed by atoms with van der Waals surface area (Å²) in [5, 5.41) is 17.4. The molecule has 2 atom stereocenters. The highest BCUT2D eigenvalue weighted by atomic mass is 32.2. The van der Waals surface area contributed by atoms with Crippen LogP contribution in [0.3, 0.4) is 0 Å². The minimum atomic E-state index is -0.201. The average Bonchev–Trinajstić information content (AvgIpc) is 2.18. The van der Waals surface area contributed by atoms with Crippen molar-refractivity contribution >= 4 is 24.4 Å². The van der Waals surface area contributed by atoms with Crippen LogP contribution in [0.2, 0.25) is 0 Å². The maximum atomic E-state index is 8.84. The molecule has 0 radical (unpaired) electrons. The van der Waals surface area contributed by atoms with Crippen LogP contribution in [-0.2, 0) is 0 Å². The molecule has 0 rings (SSSR count). The van der Waals surface area contributed by atoms with Crippen LogP contribution in [0.25, 0.3) is 0 Å². The fourth-order valence-electron chi connectivity index (χ4n) is 0.439. The molecule has 2 unspecified atom stereocenters. The van der Waals surface area contributed by atoms with Crippen LogP contribution in [-0.4, -0.2) is 40.2 Å². The van der Waals surface area contributed by atoms with E-state index >= 15 is 0 Å². The Bertz CT molecular complexity index is 87.7. The molecule has 0 amide bonds. The van der Waals surface area contributed by atoms with Crippen molar-refractivity contribution in [2.45, 2.75) is 38.9 Å². The van der Waals surface area contributed by atoms with Gasteiger partial charge in [-0.25, -0.2) is 0 Å². The quantitative estimate of drug-likeness (QED) is 0.626. The Kier molecular flexibility index (Phi) is 15.6. The Hall–Kier alpha value is 0.620. The predicted octanol–water partition coefficient (Wildman–Crippen LogP) is 1.81. The van der Waals surface area contributed by atoms with E-state index in [9.17, 15) is 0 Å². The van der Waals surface area contributed by atoms with Crippen LogP contribution in [0, 0.1) is 0 Å². The molecule has 4 heteroatoms. The molecule has 0 aromatic rings. The van der Waals surface area contributed by atoms with E-state index in [1.54, 1.807) is 11.8 Å². The van der Waals surface area contributed by atoms with E-state index in [4.69, 9.17) is 10.2 Å². The van der Waals surface area contributed by atoms with Crippen LogP contribution in [0.15, 0.2) is 0 Å². The number of hydrogen-bond donors (Lipinski definition) is 3. The molecule has 2 N–H and O–H groups in total. The van der Waals surface area contributed by atoms with Crippen molar-refractivity contribution in [3.63, 3.8) is 0 Å². The van der Waals surface area contributed by atoms with Crippen LogP contribution < -0.4 is 0 Å². The molecule has 0 spiro atoms. The summed E-state index contributed by atoms with van der Waals surface area (Å²) in [6.45, 7) is 3.92. The third-order valence-electron chi connectivity index (χ3n) is 1.51. The van der Waals surface area contributed by atoms with E-state index < -0.39 is 0 Å². The summed E-state index contributed by atoms with van der Waals surface area (Å²) in [5.74, 6) is 1.45. The summed E-state index contributed by atoms with van der Waals surface area (Å²) in [5.41, 5.74) is 0. The van der Waals surface area contributed by atoms with Crippen molar-refractivity contribution < 1.29 is 10.2 Å². The highest BCUT2D eigenvalue weighted by Crippen LogP contribution is 1.98. The zero-order valence-electron chi connectivity index (χ0n) is 8.73. The van der Waals surface area contributed by atoms with E-state index in [1.165, 1.54) is 0 Å². The Morgan fingerprint density at radius 1 is 1.15 bits per heavy atom. The molecule has 0 aromatic heterocycles. The second kappa shape index (κ2) is 12.6. The van der Waals surface area contributed by atoms with Gasteiger partial charge in [-0.15, -0.1) is 0 Å². The Balaban J connectivity index is 0. The van der Waals surface area contributed by atoms with E-state index in [0.717, 1.165) is 18.6 Å². The predicted molar refractivity (Wildman–Crippen MR) is 64.8 cm³/mol. The van der Waals surface area contributed by atoms with Gasteiger partial charge in [-0.05, 0) is 19.1 Å². The lowest BCUT2D eigenvalue weighted by Crippen LogP contribution is -2.06. The number of aliphatic hydroxyl groups is 2. The molecule has 0 bridgehead atoms. The van der Waals surface area contributed by atoms with Gasteiger partial charge in [0.15, 0.2) is 0 Å². The first-order chi connectivity index (χ1) is 6.12. The lowest BCUT2D eigenvalue weighted by atomic mass is 10.3. The van der Waals surface area contributed by atoms with Crippen LogP contribution >= 0.6 is 24.4 Å². The first-order valence-electron chi connectivity index (χ1n) is 4.58. The highest BCUT2D eigenvalue weighted by molar-refractivity contribution is 7.98. The molecule has 0 aromatic carbocycles. The summed E-state index contributed by atoms with van der Waals surface area (Å²) < 4.78 is 0. The maximum absolute atomic E-state index is 8.84. The molecular formula is C9H22O2S2. The lowest BCUT2D eigenvalue weighted by molar-refractivity contribution is 0.195. The smallest absolute Gasteiger partial charge is 0.0627 e. The van der Waals surface area contributed by atoms with E-state index in [1.807, 2.05) is 20.1 Å². The maximum Gasteiger partial charge on any atom is 0.0627 e. The van der Waals surface area contributed by atoms with Crippen molar-refractivity contribution in [2.75, 3.05) is 17.8 Å². The van der Waals surface area contributed by atoms with Gasteiger partial charge in [0.1, 0.15) is 0 Å². The minimum Gasteiger partial charge on any atom is -0.392 e. The fraction of sp³-hybridized carbons (Fsp3) is 1.00. The Labute approximate surface area is 91.5 Å². The second-order valence-electron chi connectivity index (χ2n) is 2.76. The zero-order chi connectivity index (χ0) is 10.7. The highest BCUT2D eigenvalue weighted by Gasteiger charge is 1.95. The van der Waals surface area contributed by atoms with Crippen LogP contribution in [0.4, 0.5) is 0 Å². The second-order valence-corrected chi connectivity index (χ2v) is 4.04. The molecule has 13 heavy (non-hydrogen) atoms. The van der Waals surface area contributed by atoms with Gasteiger partial charge in [0.2, 0.25) is 0 Å². The van der Waals surface area contributed by atoms with Gasteiger partial charge in [0, 0.05) is 11.5 Å². The monoisotopic (exact) mass is 226 g/mol. The third kappa shape index (κ3) is 15.4. The number of hydrogen-bond acceptors (Lipinski definition) is 4. The molecule has 0 aliphatic rings. The zero-order valence-corrected chi connectivity index (χ0v) is 10.4. The third-order valence-corrected chi connectivity index (χ3v) is 2.65. The minimum absolute atomic E-state index is 0.0880. The summed E-state index contributed by atoms with van der Waals surface area (Å²) >= 11 is 5.53. The summed E-state index contributed by atoms with van der Waals surface area (Å²) in [6.07, 6.45) is 3.40. The SMILES string of the molecule is CCC(O)CS.CCC(O)CSC. The van der Waals surface area contributed by atoms with Gasteiger partial charge in [-0.2, -0.15) is 24.4 Å². The number of aliphatic hydroxyl groups excluding tert-OH is 2. The molecule has 0 saturated heterocycles. The van der Waals surface area contributed by atoms with Crippen molar-refractivity contribution in [2.24, 2.45) is 0 Å². The molecule has 0 heterocycles. The first kappa shape index (κ1) is 16.1. The molecule has 0 fully saturated rings. The lowest BCUT2D eigenvalue weighted by Gasteiger charge is -2.01. The molecule has 2 nitrogen and oxygen atoms in total. The summed E-state index contributed by atoms with van der Waals surface area (Å²) in [7, 11) is 0. The van der Waals surface area contributed by atoms with Crippen molar-refractivity contribution in [3.8, 4) is 0 Å².